The fourth-order valence-electron chi connectivity index (χ4n) is 4.87. The first-order valence-electron chi connectivity index (χ1n) is 11.4. The molecule has 0 radical (unpaired) electrons. The molecular formula is C24H25FN6O3. The molecule has 34 heavy (non-hydrogen) atoms. The van der Waals surface area contributed by atoms with Crippen LogP contribution in [-0.2, 0) is 11.3 Å². The second-order valence-electron chi connectivity index (χ2n) is 8.87. The molecule has 1 saturated carbocycles. The first-order chi connectivity index (χ1) is 16.4. The summed E-state index contributed by atoms with van der Waals surface area (Å²) >= 11 is 0. The highest BCUT2D eigenvalue weighted by atomic mass is 19.1. The van der Waals surface area contributed by atoms with Gasteiger partial charge in [0.1, 0.15) is 11.5 Å². The molecule has 1 aromatic carbocycles. The van der Waals surface area contributed by atoms with Gasteiger partial charge >= 0.3 is 0 Å². The number of nitrogens with zero attached hydrogens (tertiary/aromatic N) is 3. The minimum atomic E-state index is -0.637. The Kier molecular flexibility index (Phi) is 5.72. The Morgan fingerprint density at radius 2 is 1.97 bits per heavy atom. The lowest BCUT2D eigenvalue weighted by atomic mass is 9.74. The predicted octanol–water partition coefficient (Wildman–Crippen LogP) is 3.09. The van der Waals surface area contributed by atoms with Crippen LogP contribution >= 0.6 is 0 Å². The number of hydrogen-bond donors (Lipinski definition) is 3. The molecule has 2 atom stereocenters. The van der Waals surface area contributed by atoms with Crippen LogP contribution in [0.1, 0.15) is 52.2 Å². The van der Waals surface area contributed by atoms with Gasteiger partial charge in [0.2, 0.25) is 5.91 Å². The smallest absolute Gasteiger partial charge is 0.271 e. The molecule has 1 aliphatic heterocycles. The number of aromatic amines is 1. The largest absolute Gasteiger partial charge is 0.349 e. The summed E-state index contributed by atoms with van der Waals surface area (Å²) in [6.07, 6.45) is 4.06. The molecule has 0 bridgehead atoms. The standard InChI is InChI=1S/C24H25FN6O3/c1-13-10-19(30-29-13)14-6-7-17(18(25)11-14)22(32)15-4-2-3-5-16(15)23(33)28-20-12-27-31-9-8-26-24(34)21(20)31/h6-7,10-12,15-16H,2-5,8-9H2,1H3,(H,26,34)(H,28,33)(H,29,30)/t15-,16-/m0/s1. The SMILES string of the molecule is Cc1cc(-c2ccc(C(=O)[C@H]3CCCC[C@@H]3C(=O)Nc3cnn4c3C(=O)NCC4)c(F)c2)n[nH]1. The van der Waals surface area contributed by atoms with E-state index >= 15 is 0 Å². The lowest BCUT2D eigenvalue weighted by Gasteiger charge is -2.29. The van der Waals surface area contributed by atoms with E-state index in [2.05, 4.69) is 25.9 Å². The molecule has 1 aliphatic carbocycles. The zero-order valence-electron chi connectivity index (χ0n) is 18.7. The van der Waals surface area contributed by atoms with E-state index in [1.54, 1.807) is 16.8 Å². The van der Waals surface area contributed by atoms with Crippen molar-refractivity contribution < 1.29 is 18.8 Å². The summed E-state index contributed by atoms with van der Waals surface area (Å²) in [7, 11) is 0. The summed E-state index contributed by atoms with van der Waals surface area (Å²) in [5, 5.41) is 16.7. The topological polar surface area (TPSA) is 122 Å². The van der Waals surface area contributed by atoms with Crippen molar-refractivity contribution in [3.05, 3.63) is 53.2 Å². The van der Waals surface area contributed by atoms with Gasteiger partial charge in [-0.15, -0.1) is 0 Å². The number of nitrogens with one attached hydrogen (secondary N) is 3. The molecule has 10 heteroatoms. The van der Waals surface area contributed by atoms with Gasteiger partial charge in [0, 0.05) is 29.6 Å². The van der Waals surface area contributed by atoms with Gasteiger partial charge in [-0.2, -0.15) is 10.2 Å². The molecule has 2 amide bonds. The molecule has 3 N–H and O–H groups in total. The molecule has 1 fully saturated rings. The van der Waals surface area contributed by atoms with E-state index in [9.17, 15) is 18.8 Å². The Hall–Kier alpha value is -3.82. The highest BCUT2D eigenvalue weighted by Crippen LogP contribution is 2.35. The maximum absolute atomic E-state index is 15.0. The number of Topliss-reactive ketones (excluding diaryl/α,β-unsaturated/α-hetero) is 1. The number of amides is 2. The summed E-state index contributed by atoms with van der Waals surface area (Å²) < 4.78 is 16.5. The number of aromatic nitrogens is 4. The molecule has 3 aromatic rings. The number of carbonyl (C=O) groups excluding carboxylic acids is 3. The first-order valence-corrected chi connectivity index (χ1v) is 11.4. The van der Waals surface area contributed by atoms with Gasteiger partial charge in [-0.05, 0) is 38.0 Å². The molecule has 2 aromatic heterocycles. The maximum Gasteiger partial charge on any atom is 0.271 e. The van der Waals surface area contributed by atoms with Gasteiger partial charge in [0.05, 0.1) is 29.7 Å². The minimum absolute atomic E-state index is 0.0250. The van der Waals surface area contributed by atoms with Crippen molar-refractivity contribution in [2.24, 2.45) is 11.8 Å². The number of anilines is 1. The third-order valence-electron chi connectivity index (χ3n) is 6.60. The van der Waals surface area contributed by atoms with E-state index in [-0.39, 0.29) is 23.2 Å². The van der Waals surface area contributed by atoms with Crippen molar-refractivity contribution in [2.45, 2.75) is 39.2 Å². The number of ketones is 1. The van der Waals surface area contributed by atoms with Crippen molar-refractivity contribution in [1.29, 1.82) is 0 Å². The van der Waals surface area contributed by atoms with E-state index in [1.807, 2.05) is 6.92 Å². The van der Waals surface area contributed by atoms with Crippen molar-refractivity contribution in [1.82, 2.24) is 25.3 Å². The molecule has 0 saturated heterocycles. The summed E-state index contributed by atoms with van der Waals surface area (Å²) in [5.41, 5.74) is 2.61. The highest BCUT2D eigenvalue weighted by molar-refractivity contribution is 6.06. The zero-order chi connectivity index (χ0) is 23.8. The third kappa shape index (κ3) is 4.00. The van der Waals surface area contributed by atoms with Gasteiger partial charge in [0.15, 0.2) is 5.78 Å². The summed E-state index contributed by atoms with van der Waals surface area (Å²) in [6.45, 7) is 2.85. The monoisotopic (exact) mass is 464 g/mol. The second kappa shape index (κ2) is 8.85. The fraction of sp³-hybridized carbons (Fsp3) is 0.375. The van der Waals surface area contributed by atoms with Gasteiger partial charge in [0.25, 0.3) is 5.91 Å². The van der Waals surface area contributed by atoms with E-state index < -0.39 is 17.7 Å². The van der Waals surface area contributed by atoms with Gasteiger partial charge in [-0.3, -0.25) is 24.2 Å². The lowest BCUT2D eigenvalue weighted by molar-refractivity contribution is -0.122. The van der Waals surface area contributed by atoms with Crippen molar-refractivity contribution in [2.75, 3.05) is 11.9 Å². The van der Waals surface area contributed by atoms with Crippen LogP contribution in [0.25, 0.3) is 11.3 Å². The predicted molar refractivity (Wildman–Crippen MR) is 122 cm³/mol. The molecule has 176 valence electrons. The number of fused-ring (bicyclic) bond motifs is 1. The maximum atomic E-state index is 15.0. The zero-order valence-corrected chi connectivity index (χ0v) is 18.7. The molecule has 0 spiro atoms. The van der Waals surface area contributed by atoms with Crippen LogP contribution in [0.15, 0.2) is 30.5 Å². The second-order valence-corrected chi connectivity index (χ2v) is 8.87. The van der Waals surface area contributed by atoms with E-state index in [4.69, 9.17) is 0 Å². The Bertz CT molecular complexity index is 1280. The molecule has 5 rings (SSSR count). The van der Waals surface area contributed by atoms with Gasteiger partial charge < -0.3 is 10.6 Å². The average Bonchev–Trinajstić information content (AvgIpc) is 3.45. The van der Waals surface area contributed by atoms with Crippen LogP contribution < -0.4 is 10.6 Å². The van der Waals surface area contributed by atoms with Crippen LogP contribution in [0.3, 0.4) is 0 Å². The Morgan fingerprint density at radius 1 is 1.18 bits per heavy atom. The number of carbonyl (C=O) groups is 3. The van der Waals surface area contributed by atoms with Crippen LogP contribution in [0.4, 0.5) is 10.1 Å². The number of rotatable bonds is 5. The number of hydrogen-bond acceptors (Lipinski definition) is 5. The summed E-state index contributed by atoms with van der Waals surface area (Å²) in [5.74, 6) is -2.91. The quantitative estimate of drug-likeness (QED) is 0.501. The Balaban J connectivity index is 1.36. The average molecular weight is 465 g/mol. The molecule has 0 unspecified atom stereocenters. The number of H-pyrrole nitrogens is 1. The van der Waals surface area contributed by atoms with Crippen molar-refractivity contribution >= 4 is 23.3 Å². The van der Waals surface area contributed by atoms with Crippen molar-refractivity contribution in [3.63, 3.8) is 0 Å². The molecule has 2 aliphatic rings. The normalized spacial score (nSPS) is 19.9. The van der Waals surface area contributed by atoms with Crippen LogP contribution in [0.5, 0.6) is 0 Å². The molecular weight excluding hydrogens is 439 g/mol. The summed E-state index contributed by atoms with van der Waals surface area (Å²) in [6, 6.07) is 6.24. The van der Waals surface area contributed by atoms with E-state index in [0.717, 1.165) is 18.5 Å². The molecule has 9 nitrogen and oxygen atoms in total. The third-order valence-corrected chi connectivity index (χ3v) is 6.60. The van der Waals surface area contributed by atoms with E-state index in [1.165, 1.54) is 18.3 Å². The first kappa shape index (κ1) is 22.0. The number of aryl methyl sites for hydroxylation is 1. The molecule has 3 heterocycles. The summed E-state index contributed by atoms with van der Waals surface area (Å²) in [4.78, 5) is 38.8. The highest BCUT2D eigenvalue weighted by Gasteiger charge is 2.38. The van der Waals surface area contributed by atoms with E-state index in [0.29, 0.717) is 48.6 Å². The number of benzene rings is 1. The van der Waals surface area contributed by atoms with Crippen LogP contribution in [0.2, 0.25) is 0 Å². The Labute approximate surface area is 195 Å². The van der Waals surface area contributed by atoms with Crippen LogP contribution in [-0.4, -0.2) is 44.1 Å². The fourth-order valence-corrected chi connectivity index (χ4v) is 4.87. The lowest BCUT2D eigenvalue weighted by Crippen LogP contribution is -2.38. The van der Waals surface area contributed by atoms with Crippen LogP contribution in [0, 0.1) is 24.6 Å². The van der Waals surface area contributed by atoms with Gasteiger partial charge in [-0.1, -0.05) is 18.9 Å². The van der Waals surface area contributed by atoms with Gasteiger partial charge in [-0.25, -0.2) is 4.39 Å². The minimum Gasteiger partial charge on any atom is -0.349 e. The number of halogens is 1. The Morgan fingerprint density at radius 3 is 2.71 bits per heavy atom. The van der Waals surface area contributed by atoms with Crippen molar-refractivity contribution in [3.8, 4) is 11.3 Å².